The van der Waals surface area contributed by atoms with E-state index in [9.17, 15) is 9.59 Å². The number of ketones is 1. The van der Waals surface area contributed by atoms with Gasteiger partial charge in [0.05, 0.1) is 0 Å². The van der Waals surface area contributed by atoms with Crippen LogP contribution in [0.15, 0.2) is 30.3 Å². The molecule has 1 N–H and O–H groups in total. The smallest absolute Gasteiger partial charge is 0.298 e. The molecule has 2 rings (SSSR count). The third kappa shape index (κ3) is 4.44. The van der Waals surface area contributed by atoms with Crippen LogP contribution >= 0.6 is 8.69 Å². The van der Waals surface area contributed by atoms with Gasteiger partial charge in [0.25, 0.3) is 0 Å². The van der Waals surface area contributed by atoms with E-state index in [4.69, 9.17) is 9.46 Å². The highest BCUT2D eigenvalue weighted by Gasteiger charge is 2.20. The molecule has 0 heterocycles. The van der Waals surface area contributed by atoms with Crippen LogP contribution in [0.3, 0.4) is 0 Å². The van der Waals surface area contributed by atoms with Crippen LogP contribution in [0.25, 0.3) is 0 Å². The van der Waals surface area contributed by atoms with Crippen LogP contribution in [-0.2, 0) is 11.0 Å². The summed E-state index contributed by atoms with van der Waals surface area (Å²) < 4.78 is 8.51. The highest BCUT2D eigenvalue weighted by molar-refractivity contribution is 7.16. The van der Waals surface area contributed by atoms with Crippen molar-refractivity contribution in [3.63, 3.8) is 0 Å². The molecule has 0 spiro atoms. The topological polar surface area (TPSA) is 71.4 Å². The summed E-state index contributed by atoms with van der Waals surface area (Å²) in [5, 5.41) is 0. The quantitative estimate of drug-likeness (QED) is 0.514. The normalized spacial score (nSPS) is 10.0. The number of carbonyl (C=O) groups is 2. The van der Waals surface area contributed by atoms with Gasteiger partial charge in [-0.15, -0.1) is 0 Å². The molecular formula is C19H22O4P+. The Kier molecular flexibility index (Phi) is 7.63. The van der Waals surface area contributed by atoms with Crippen molar-refractivity contribution in [3.05, 3.63) is 69.3 Å². The Bertz CT molecular complexity index is 743. The zero-order valence-corrected chi connectivity index (χ0v) is 15.3. The van der Waals surface area contributed by atoms with E-state index in [-0.39, 0.29) is 5.78 Å². The first-order chi connectivity index (χ1) is 11.4. The molecule has 24 heavy (non-hydrogen) atoms. The van der Waals surface area contributed by atoms with E-state index in [0.717, 1.165) is 35.0 Å². The summed E-state index contributed by atoms with van der Waals surface area (Å²) in [6.45, 7) is 7.91. The molecule has 0 amide bonds. The maximum absolute atomic E-state index is 13.0. The van der Waals surface area contributed by atoms with E-state index in [2.05, 4.69) is 0 Å². The van der Waals surface area contributed by atoms with Gasteiger partial charge in [0.2, 0.25) is 0 Å². The van der Waals surface area contributed by atoms with Gasteiger partial charge >= 0.3 is 8.69 Å². The standard InChI is InChI=1S/C19H20O2.HO2P/c1-5-15-7-6-8-16(11-20)18(15)19(21)17-13(3)9-12(2)10-14(17)4;1-3-2/h6-11H,5H2,1-4H3;3H/p+1. The van der Waals surface area contributed by atoms with E-state index in [1.165, 1.54) is 0 Å². The molecule has 0 radical (unpaired) electrons. The van der Waals surface area contributed by atoms with E-state index >= 15 is 0 Å². The first-order valence-corrected chi connectivity index (χ1v) is 8.47. The average molecular weight is 345 g/mol. The van der Waals surface area contributed by atoms with Crippen molar-refractivity contribution in [1.29, 1.82) is 0 Å². The summed E-state index contributed by atoms with van der Waals surface area (Å²) >= 11 is 0. The predicted octanol–water partition coefficient (Wildman–Crippen LogP) is 4.14. The van der Waals surface area contributed by atoms with Crippen molar-refractivity contribution < 1.29 is 19.0 Å². The zero-order chi connectivity index (χ0) is 18.3. The molecular weight excluding hydrogens is 323 g/mol. The SMILES string of the molecule is CCc1cccc(C=O)c1C(=O)c1c(C)cc(C)cc1C.O=[PH+]O. The van der Waals surface area contributed by atoms with Crippen LogP contribution in [0.5, 0.6) is 0 Å². The number of aldehydes is 1. The molecule has 2 aromatic rings. The summed E-state index contributed by atoms with van der Waals surface area (Å²) in [4.78, 5) is 31.3. The molecule has 2 aromatic carbocycles. The van der Waals surface area contributed by atoms with Gasteiger partial charge in [0.15, 0.2) is 12.1 Å². The van der Waals surface area contributed by atoms with E-state index in [0.29, 0.717) is 16.7 Å². The summed E-state index contributed by atoms with van der Waals surface area (Å²) in [6.07, 6.45) is 1.50. The molecule has 0 aliphatic rings. The lowest BCUT2D eigenvalue weighted by Crippen LogP contribution is -2.12. The highest BCUT2D eigenvalue weighted by atomic mass is 31.1. The second kappa shape index (κ2) is 9.21. The molecule has 4 nitrogen and oxygen atoms in total. The first-order valence-electron chi connectivity index (χ1n) is 7.62. The van der Waals surface area contributed by atoms with Crippen molar-refractivity contribution in [1.82, 2.24) is 0 Å². The molecule has 126 valence electrons. The highest BCUT2D eigenvalue weighted by Crippen LogP contribution is 2.24. The van der Waals surface area contributed by atoms with Crippen LogP contribution in [0.2, 0.25) is 0 Å². The van der Waals surface area contributed by atoms with Crippen molar-refractivity contribution in [3.8, 4) is 0 Å². The van der Waals surface area contributed by atoms with Crippen molar-refractivity contribution >= 4 is 20.8 Å². The lowest BCUT2D eigenvalue weighted by molar-refractivity contribution is 0.102. The van der Waals surface area contributed by atoms with Gasteiger partial charge in [0.1, 0.15) is 0 Å². The van der Waals surface area contributed by atoms with Crippen LogP contribution in [0.1, 0.15) is 55.5 Å². The Morgan fingerprint density at radius 3 is 2.12 bits per heavy atom. The third-order valence-electron chi connectivity index (χ3n) is 3.82. The number of benzene rings is 2. The summed E-state index contributed by atoms with van der Waals surface area (Å²) in [7, 11) is -1.17. The molecule has 0 saturated carbocycles. The molecule has 1 unspecified atom stereocenters. The molecule has 1 atom stereocenters. The molecule has 0 fully saturated rings. The van der Waals surface area contributed by atoms with Crippen LogP contribution < -0.4 is 0 Å². The Balaban J connectivity index is 0.000000891. The van der Waals surface area contributed by atoms with Gasteiger partial charge in [-0.1, -0.05) is 42.8 Å². The molecule has 0 aromatic heterocycles. The molecule has 0 aliphatic heterocycles. The fourth-order valence-corrected chi connectivity index (χ4v) is 2.95. The zero-order valence-electron chi connectivity index (χ0n) is 14.3. The third-order valence-corrected chi connectivity index (χ3v) is 3.82. The number of carbonyl (C=O) groups excluding carboxylic acids is 2. The van der Waals surface area contributed by atoms with E-state index < -0.39 is 8.69 Å². The van der Waals surface area contributed by atoms with E-state index in [1.807, 2.05) is 52.0 Å². The Labute approximate surface area is 143 Å². The van der Waals surface area contributed by atoms with Gasteiger partial charge < -0.3 is 0 Å². The molecule has 0 saturated heterocycles. The number of rotatable bonds is 4. The minimum atomic E-state index is -1.17. The maximum Gasteiger partial charge on any atom is 0.491 e. The second-order valence-electron chi connectivity index (χ2n) is 5.55. The summed E-state index contributed by atoms with van der Waals surface area (Å²) in [5.41, 5.74) is 5.71. The first kappa shape index (κ1) is 19.9. The van der Waals surface area contributed by atoms with Crippen LogP contribution in [0.4, 0.5) is 0 Å². The lowest BCUT2D eigenvalue weighted by atomic mass is 9.88. The van der Waals surface area contributed by atoms with Crippen molar-refractivity contribution in [2.75, 3.05) is 0 Å². The van der Waals surface area contributed by atoms with Gasteiger partial charge in [0, 0.05) is 16.7 Å². The molecule has 0 bridgehead atoms. The van der Waals surface area contributed by atoms with Crippen molar-refractivity contribution in [2.45, 2.75) is 34.1 Å². The fraction of sp³-hybridized carbons (Fsp3) is 0.263. The van der Waals surface area contributed by atoms with E-state index in [1.54, 1.807) is 6.07 Å². The number of hydrogen-bond donors (Lipinski definition) is 1. The molecule has 5 heteroatoms. The van der Waals surface area contributed by atoms with Gasteiger partial charge in [-0.2, -0.15) is 4.89 Å². The minimum absolute atomic E-state index is 0.0513. The average Bonchev–Trinajstić information content (AvgIpc) is 2.53. The van der Waals surface area contributed by atoms with Crippen LogP contribution in [0, 0.1) is 20.8 Å². The van der Waals surface area contributed by atoms with Gasteiger partial charge in [-0.25, -0.2) is 0 Å². The Morgan fingerprint density at radius 2 is 1.67 bits per heavy atom. The predicted molar refractivity (Wildman–Crippen MR) is 96.5 cm³/mol. The number of hydrogen-bond acceptors (Lipinski definition) is 3. The summed E-state index contributed by atoms with van der Waals surface area (Å²) in [5.74, 6) is -0.0513. The monoisotopic (exact) mass is 345 g/mol. The largest absolute Gasteiger partial charge is 0.491 e. The minimum Gasteiger partial charge on any atom is -0.298 e. The Morgan fingerprint density at radius 1 is 1.12 bits per heavy atom. The second-order valence-corrected chi connectivity index (χ2v) is 5.73. The van der Waals surface area contributed by atoms with Gasteiger partial charge in [-0.3, -0.25) is 9.59 Å². The molecule has 0 aliphatic carbocycles. The number of aryl methyl sites for hydroxylation is 4. The Hall–Kier alpha value is -2.16. The summed E-state index contributed by atoms with van der Waals surface area (Å²) in [6, 6.07) is 9.47. The lowest BCUT2D eigenvalue weighted by Gasteiger charge is -2.14. The maximum atomic E-state index is 13.0. The fourth-order valence-electron chi connectivity index (χ4n) is 2.95. The van der Waals surface area contributed by atoms with Crippen molar-refractivity contribution in [2.24, 2.45) is 0 Å². The van der Waals surface area contributed by atoms with Crippen LogP contribution in [-0.4, -0.2) is 17.0 Å². The van der Waals surface area contributed by atoms with Gasteiger partial charge in [-0.05, 0) is 48.4 Å².